The molecular weight excluding hydrogens is 302 g/mol. The van der Waals surface area contributed by atoms with Gasteiger partial charge < -0.3 is 20.2 Å². The van der Waals surface area contributed by atoms with Crippen molar-refractivity contribution in [2.24, 2.45) is 0 Å². The number of benzene rings is 1. The fourth-order valence-electron chi connectivity index (χ4n) is 3.10. The summed E-state index contributed by atoms with van der Waals surface area (Å²) in [4.78, 5) is 14.9. The lowest BCUT2D eigenvalue weighted by Gasteiger charge is -2.35. The molecule has 1 aromatic carbocycles. The number of fused-ring (bicyclic) bond motifs is 3. The normalized spacial score (nSPS) is 19.7. The highest BCUT2D eigenvalue weighted by atomic mass is 32.1. The molecule has 3 N–H and O–H groups in total. The lowest BCUT2D eigenvalue weighted by molar-refractivity contribution is -0.140. The first-order chi connectivity index (χ1) is 10.7. The van der Waals surface area contributed by atoms with E-state index in [1.807, 2.05) is 18.2 Å². The number of thiol groups is 1. The Morgan fingerprint density at radius 2 is 2.36 bits per heavy atom. The molecule has 2 atom stereocenters. The van der Waals surface area contributed by atoms with Gasteiger partial charge in [0, 0.05) is 28.9 Å². The van der Waals surface area contributed by atoms with E-state index >= 15 is 0 Å². The number of hydrogen-bond donors (Lipinski definition) is 4. The average Bonchev–Trinajstić information content (AvgIpc) is 2.91. The molecular formula is C15H19N3O3S. The van der Waals surface area contributed by atoms with E-state index in [2.05, 4.69) is 33.7 Å². The maximum atomic E-state index is 11.5. The number of rotatable bonds is 3. The summed E-state index contributed by atoms with van der Waals surface area (Å²) in [6.45, 7) is 0.507. The monoisotopic (exact) mass is 321 g/mol. The van der Waals surface area contributed by atoms with Crippen molar-refractivity contribution in [3.63, 3.8) is 0 Å². The molecule has 0 saturated heterocycles. The van der Waals surface area contributed by atoms with Gasteiger partial charge in [0.1, 0.15) is 0 Å². The number of nitrogens with one attached hydrogen (secondary N) is 2. The van der Waals surface area contributed by atoms with Gasteiger partial charge >= 0.3 is 6.09 Å². The van der Waals surface area contributed by atoms with Crippen LogP contribution in [0.3, 0.4) is 0 Å². The van der Waals surface area contributed by atoms with Gasteiger partial charge in [-0.05, 0) is 18.1 Å². The number of carbonyl (C=O) groups is 1. The third kappa shape index (κ3) is 2.55. The van der Waals surface area contributed by atoms with Gasteiger partial charge in [-0.3, -0.25) is 0 Å². The van der Waals surface area contributed by atoms with Crippen molar-refractivity contribution >= 4 is 29.6 Å². The lowest BCUT2D eigenvalue weighted by Crippen LogP contribution is -2.49. The van der Waals surface area contributed by atoms with E-state index in [0.717, 1.165) is 23.0 Å². The van der Waals surface area contributed by atoms with Crippen molar-refractivity contribution in [1.29, 1.82) is 0 Å². The van der Waals surface area contributed by atoms with Crippen LogP contribution in [0.25, 0.3) is 10.9 Å². The van der Waals surface area contributed by atoms with Gasteiger partial charge in [-0.2, -0.15) is 17.7 Å². The molecule has 0 saturated carbocycles. The Balaban J connectivity index is 2.02. The summed E-state index contributed by atoms with van der Waals surface area (Å²) in [5.41, 5.74) is 3.14. The molecule has 1 amide bonds. The molecule has 1 aliphatic heterocycles. The van der Waals surface area contributed by atoms with Gasteiger partial charge in [0.2, 0.25) is 0 Å². The third-order valence-electron chi connectivity index (χ3n) is 4.12. The van der Waals surface area contributed by atoms with Crippen LogP contribution in [0.5, 0.6) is 0 Å². The first-order valence-corrected chi connectivity index (χ1v) is 7.79. The van der Waals surface area contributed by atoms with Crippen molar-refractivity contribution in [3.05, 3.63) is 35.5 Å². The summed E-state index contributed by atoms with van der Waals surface area (Å²) < 4.78 is 4.66. The summed E-state index contributed by atoms with van der Waals surface area (Å²) in [6.07, 6.45) is 0.222. The number of H-pyrrole nitrogens is 1. The largest absolute Gasteiger partial charge is 0.453 e. The maximum absolute atomic E-state index is 11.5. The lowest BCUT2D eigenvalue weighted by atomic mass is 9.95. The number of aromatic amines is 1. The van der Waals surface area contributed by atoms with Gasteiger partial charge in [-0.15, -0.1) is 0 Å². The number of nitrogens with zero attached hydrogens (tertiary/aromatic N) is 1. The van der Waals surface area contributed by atoms with E-state index in [1.165, 1.54) is 17.7 Å². The van der Waals surface area contributed by atoms with Crippen LogP contribution in [0.4, 0.5) is 4.79 Å². The molecule has 0 spiro atoms. The minimum Gasteiger partial charge on any atom is -0.453 e. The third-order valence-corrected chi connectivity index (χ3v) is 4.51. The van der Waals surface area contributed by atoms with E-state index in [-0.39, 0.29) is 12.1 Å². The van der Waals surface area contributed by atoms with Crippen LogP contribution in [0, 0.1) is 0 Å². The van der Waals surface area contributed by atoms with Gasteiger partial charge in [-0.1, -0.05) is 18.2 Å². The van der Waals surface area contributed by atoms with Crippen molar-refractivity contribution in [3.8, 4) is 0 Å². The Kier molecular flexibility index (Phi) is 4.28. The molecule has 0 bridgehead atoms. The number of hydroxylamine groups is 2. The minimum absolute atomic E-state index is 0.368. The average molecular weight is 321 g/mol. The van der Waals surface area contributed by atoms with Gasteiger partial charge in [0.05, 0.1) is 19.2 Å². The second kappa shape index (κ2) is 6.20. The Bertz CT molecular complexity index is 688. The molecule has 0 fully saturated rings. The Morgan fingerprint density at radius 1 is 1.59 bits per heavy atom. The Morgan fingerprint density at radius 3 is 3.09 bits per heavy atom. The number of methoxy groups -OCH3 is 1. The van der Waals surface area contributed by atoms with Crippen LogP contribution in [-0.4, -0.2) is 46.8 Å². The SMILES string of the molecule is COC(=O)N[C@@H](CS)[C@@H]1c2[nH]c3ccccc3c2CCN1O. The second-order valence-electron chi connectivity index (χ2n) is 5.35. The molecule has 2 heterocycles. The number of amides is 1. The molecule has 0 radical (unpaired) electrons. The van der Waals surface area contributed by atoms with Crippen LogP contribution in [0.1, 0.15) is 17.3 Å². The highest BCUT2D eigenvalue weighted by molar-refractivity contribution is 7.80. The van der Waals surface area contributed by atoms with Crippen molar-refractivity contribution in [2.45, 2.75) is 18.5 Å². The molecule has 2 aromatic rings. The zero-order valence-electron chi connectivity index (χ0n) is 12.2. The number of ether oxygens (including phenoxy) is 1. The molecule has 0 unspecified atom stereocenters. The van der Waals surface area contributed by atoms with E-state index in [0.29, 0.717) is 12.3 Å². The Hall–Kier alpha value is -1.70. The first kappa shape index (κ1) is 15.2. The van der Waals surface area contributed by atoms with E-state index in [9.17, 15) is 10.0 Å². The van der Waals surface area contributed by atoms with Crippen LogP contribution in [0.2, 0.25) is 0 Å². The Labute approximate surface area is 133 Å². The smallest absolute Gasteiger partial charge is 0.407 e. The second-order valence-corrected chi connectivity index (χ2v) is 5.71. The summed E-state index contributed by atoms with van der Waals surface area (Å²) >= 11 is 4.31. The van der Waals surface area contributed by atoms with Crippen molar-refractivity contribution in [2.75, 3.05) is 19.4 Å². The van der Waals surface area contributed by atoms with Crippen molar-refractivity contribution in [1.82, 2.24) is 15.4 Å². The first-order valence-electron chi connectivity index (χ1n) is 7.16. The van der Waals surface area contributed by atoms with Gasteiger partial charge in [0.15, 0.2) is 0 Å². The number of carbonyl (C=O) groups excluding carboxylic acids is 1. The number of alkyl carbamates (subject to hydrolysis) is 1. The predicted molar refractivity (Wildman–Crippen MR) is 86.4 cm³/mol. The minimum atomic E-state index is -0.532. The van der Waals surface area contributed by atoms with Crippen LogP contribution >= 0.6 is 12.6 Å². The summed E-state index contributed by atoms with van der Waals surface area (Å²) in [5.74, 6) is 0.381. The summed E-state index contributed by atoms with van der Waals surface area (Å²) in [5, 5.41) is 15.5. The maximum Gasteiger partial charge on any atom is 0.407 e. The molecule has 3 rings (SSSR count). The highest BCUT2D eigenvalue weighted by Crippen LogP contribution is 2.35. The van der Waals surface area contributed by atoms with Gasteiger partial charge in [0.25, 0.3) is 0 Å². The predicted octanol–water partition coefficient (Wildman–Crippen LogP) is 2.11. The fraction of sp³-hybridized carbons (Fsp3) is 0.400. The van der Waals surface area contributed by atoms with Crippen LogP contribution in [-0.2, 0) is 11.2 Å². The molecule has 1 aromatic heterocycles. The quantitative estimate of drug-likeness (QED) is 0.653. The van der Waals surface area contributed by atoms with E-state index < -0.39 is 6.09 Å². The molecule has 22 heavy (non-hydrogen) atoms. The van der Waals surface area contributed by atoms with E-state index in [4.69, 9.17) is 0 Å². The number of para-hydroxylation sites is 1. The van der Waals surface area contributed by atoms with Gasteiger partial charge in [-0.25, -0.2) is 4.79 Å². The fourth-order valence-corrected chi connectivity index (χ4v) is 3.39. The molecule has 118 valence electrons. The molecule has 6 nitrogen and oxygen atoms in total. The number of aromatic nitrogens is 1. The standard InChI is InChI=1S/C15H19N3O3S/c1-21-15(19)17-12(8-22)14-13-10(6-7-18(14)20)9-4-2-3-5-11(9)16-13/h2-5,12,14,16,20,22H,6-8H2,1H3,(H,17,19)/t12-,14+/m0/s1. The molecule has 0 aliphatic carbocycles. The molecule has 7 heteroatoms. The molecule has 1 aliphatic rings. The topological polar surface area (TPSA) is 77.6 Å². The number of hydrogen-bond acceptors (Lipinski definition) is 5. The zero-order valence-corrected chi connectivity index (χ0v) is 13.1. The van der Waals surface area contributed by atoms with Crippen LogP contribution in [0.15, 0.2) is 24.3 Å². The van der Waals surface area contributed by atoms with Crippen LogP contribution < -0.4 is 5.32 Å². The van der Waals surface area contributed by atoms with E-state index in [1.54, 1.807) is 0 Å². The summed E-state index contributed by atoms with van der Waals surface area (Å²) in [6, 6.07) is 7.30. The van der Waals surface area contributed by atoms with Crippen molar-refractivity contribution < 1.29 is 14.7 Å². The summed E-state index contributed by atoms with van der Waals surface area (Å²) in [7, 11) is 1.32. The highest BCUT2D eigenvalue weighted by Gasteiger charge is 2.36. The zero-order chi connectivity index (χ0) is 15.7.